The van der Waals surface area contributed by atoms with Gasteiger partial charge in [-0.15, -0.1) is 0 Å². The average molecular weight is 171 g/mol. The van der Waals surface area contributed by atoms with E-state index in [9.17, 15) is 0 Å². The molecule has 0 saturated heterocycles. The van der Waals surface area contributed by atoms with Crippen molar-refractivity contribution >= 4 is 6.21 Å². The second kappa shape index (κ2) is 3.17. The summed E-state index contributed by atoms with van der Waals surface area (Å²) in [5.41, 5.74) is 3.75. The van der Waals surface area contributed by atoms with Crippen molar-refractivity contribution in [1.29, 1.82) is 0 Å². The molecule has 1 aliphatic heterocycles. The first kappa shape index (κ1) is 8.24. The van der Waals surface area contributed by atoms with Crippen LogP contribution in [0.4, 0.5) is 0 Å². The Hall–Kier alpha value is -1.37. The second-order valence-corrected chi connectivity index (χ2v) is 3.54. The average Bonchev–Trinajstić information content (AvgIpc) is 2.16. The lowest BCUT2D eigenvalue weighted by molar-refractivity contribution is 0.751. The number of fused-ring (bicyclic) bond motifs is 1. The molecule has 2 aliphatic rings. The molecule has 0 bridgehead atoms. The first-order valence-electron chi connectivity index (χ1n) is 4.55. The molecule has 2 rings (SSSR count). The highest BCUT2D eigenvalue weighted by atomic mass is 14.7. The summed E-state index contributed by atoms with van der Waals surface area (Å²) in [7, 11) is 0. The van der Waals surface area contributed by atoms with Crippen LogP contribution in [0.5, 0.6) is 0 Å². The minimum atomic E-state index is 0.524. The van der Waals surface area contributed by atoms with Crippen molar-refractivity contribution in [3.63, 3.8) is 0 Å². The minimum absolute atomic E-state index is 0.524. The molecule has 0 fully saturated rings. The minimum Gasteiger partial charge on any atom is -0.257 e. The van der Waals surface area contributed by atoms with Gasteiger partial charge in [-0.25, -0.2) is 0 Å². The number of allylic oxidation sites excluding steroid dienone is 6. The van der Waals surface area contributed by atoms with Crippen molar-refractivity contribution in [3.05, 3.63) is 47.7 Å². The first-order chi connectivity index (χ1) is 6.29. The first-order valence-corrected chi connectivity index (χ1v) is 4.55. The Labute approximate surface area is 78.9 Å². The van der Waals surface area contributed by atoms with Gasteiger partial charge in [0.1, 0.15) is 0 Å². The molecule has 1 aliphatic carbocycles. The van der Waals surface area contributed by atoms with Gasteiger partial charge in [-0.3, -0.25) is 4.99 Å². The van der Waals surface area contributed by atoms with E-state index in [4.69, 9.17) is 0 Å². The van der Waals surface area contributed by atoms with Gasteiger partial charge in [0.25, 0.3) is 0 Å². The second-order valence-electron chi connectivity index (χ2n) is 3.54. The monoisotopic (exact) mass is 171 g/mol. The van der Waals surface area contributed by atoms with Crippen molar-refractivity contribution in [2.75, 3.05) is 0 Å². The zero-order valence-electron chi connectivity index (χ0n) is 7.83. The van der Waals surface area contributed by atoms with Gasteiger partial charge in [-0.05, 0) is 25.0 Å². The molecule has 1 atom stereocenters. The predicted octanol–water partition coefficient (Wildman–Crippen LogP) is 3.03. The third kappa shape index (κ3) is 1.55. The van der Waals surface area contributed by atoms with Crippen LogP contribution >= 0.6 is 0 Å². The fourth-order valence-electron chi connectivity index (χ4n) is 1.71. The highest BCUT2D eigenvalue weighted by molar-refractivity contribution is 5.83. The fraction of sp³-hybridized carbons (Fsp3) is 0.250. The SMILES string of the molecule is C=CC1=CC2CC(C)=CC=C2C=N1. The third-order valence-electron chi connectivity index (χ3n) is 2.47. The molecule has 0 saturated carbocycles. The molecule has 66 valence electrons. The Morgan fingerprint density at radius 1 is 1.54 bits per heavy atom. The van der Waals surface area contributed by atoms with E-state index in [0.717, 1.165) is 12.1 Å². The molecule has 13 heavy (non-hydrogen) atoms. The third-order valence-corrected chi connectivity index (χ3v) is 2.47. The molecule has 1 nitrogen and oxygen atoms in total. The van der Waals surface area contributed by atoms with E-state index in [1.807, 2.05) is 6.21 Å². The molecular weight excluding hydrogens is 158 g/mol. The van der Waals surface area contributed by atoms with E-state index in [0.29, 0.717) is 5.92 Å². The quantitative estimate of drug-likeness (QED) is 0.575. The smallest absolute Gasteiger partial charge is 0.0590 e. The summed E-state index contributed by atoms with van der Waals surface area (Å²) in [6.45, 7) is 5.89. The molecule has 0 spiro atoms. The summed E-state index contributed by atoms with van der Waals surface area (Å²) in [5, 5.41) is 0. The van der Waals surface area contributed by atoms with Crippen LogP contribution in [0, 0.1) is 5.92 Å². The summed E-state index contributed by atoms with van der Waals surface area (Å²) >= 11 is 0. The Balaban J connectivity index is 2.32. The van der Waals surface area contributed by atoms with Crippen LogP contribution in [0.2, 0.25) is 0 Å². The van der Waals surface area contributed by atoms with Crippen molar-refractivity contribution < 1.29 is 0 Å². The van der Waals surface area contributed by atoms with Gasteiger partial charge in [-0.2, -0.15) is 0 Å². The molecule has 0 N–H and O–H groups in total. The van der Waals surface area contributed by atoms with Crippen LogP contribution in [0.15, 0.2) is 52.7 Å². The van der Waals surface area contributed by atoms with Gasteiger partial charge in [0.2, 0.25) is 0 Å². The normalized spacial score (nSPS) is 25.6. The Morgan fingerprint density at radius 3 is 3.15 bits per heavy atom. The Kier molecular flexibility index (Phi) is 2.01. The highest BCUT2D eigenvalue weighted by Crippen LogP contribution is 2.29. The molecule has 0 aromatic carbocycles. The molecule has 0 radical (unpaired) electrons. The van der Waals surface area contributed by atoms with Gasteiger partial charge < -0.3 is 0 Å². The van der Waals surface area contributed by atoms with Crippen LogP contribution < -0.4 is 0 Å². The van der Waals surface area contributed by atoms with Gasteiger partial charge in [0.15, 0.2) is 0 Å². The van der Waals surface area contributed by atoms with Crippen LogP contribution in [0.1, 0.15) is 13.3 Å². The molecule has 0 amide bonds. The molecule has 0 aromatic rings. The van der Waals surface area contributed by atoms with Gasteiger partial charge in [0.05, 0.1) is 5.70 Å². The van der Waals surface area contributed by atoms with Crippen LogP contribution in [0.3, 0.4) is 0 Å². The Bertz CT molecular complexity index is 353. The summed E-state index contributed by atoms with van der Waals surface area (Å²) in [5.74, 6) is 0.524. The van der Waals surface area contributed by atoms with Gasteiger partial charge in [0, 0.05) is 12.1 Å². The molecule has 1 unspecified atom stereocenters. The number of hydrogen-bond acceptors (Lipinski definition) is 1. The lowest BCUT2D eigenvalue weighted by Crippen LogP contribution is -2.10. The summed E-state index contributed by atoms with van der Waals surface area (Å²) < 4.78 is 0. The lowest BCUT2D eigenvalue weighted by Gasteiger charge is -2.21. The largest absolute Gasteiger partial charge is 0.257 e. The van der Waals surface area contributed by atoms with Crippen molar-refractivity contribution in [2.45, 2.75) is 13.3 Å². The molecule has 1 heterocycles. The van der Waals surface area contributed by atoms with Crippen molar-refractivity contribution in [3.8, 4) is 0 Å². The number of aliphatic imine (C=N–C) groups is 1. The van der Waals surface area contributed by atoms with Gasteiger partial charge in [-0.1, -0.05) is 30.4 Å². The zero-order valence-corrected chi connectivity index (χ0v) is 7.83. The van der Waals surface area contributed by atoms with E-state index in [-0.39, 0.29) is 0 Å². The van der Waals surface area contributed by atoms with Crippen LogP contribution in [0.25, 0.3) is 0 Å². The topological polar surface area (TPSA) is 12.4 Å². The van der Waals surface area contributed by atoms with E-state index < -0.39 is 0 Å². The van der Waals surface area contributed by atoms with E-state index in [2.05, 4.69) is 36.7 Å². The maximum atomic E-state index is 4.28. The maximum absolute atomic E-state index is 4.28. The zero-order chi connectivity index (χ0) is 9.26. The van der Waals surface area contributed by atoms with E-state index in [1.54, 1.807) is 6.08 Å². The molecular formula is C12H13N. The highest BCUT2D eigenvalue weighted by Gasteiger charge is 2.17. The Morgan fingerprint density at radius 2 is 2.38 bits per heavy atom. The van der Waals surface area contributed by atoms with E-state index >= 15 is 0 Å². The molecule has 1 heteroatoms. The summed E-state index contributed by atoms with van der Waals surface area (Å²) in [6.07, 6.45) is 11.4. The van der Waals surface area contributed by atoms with Crippen molar-refractivity contribution in [2.24, 2.45) is 10.9 Å². The summed E-state index contributed by atoms with van der Waals surface area (Å²) in [6, 6.07) is 0. The van der Waals surface area contributed by atoms with E-state index in [1.165, 1.54) is 11.1 Å². The lowest BCUT2D eigenvalue weighted by atomic mass is 9.86. The maximum Gasteiger partial charge on any atom is 0.0590 e. The summed E-state index contributed by atoms with van der Waals surface area (Å²) in [4.78, 5) is 4.28. The number of hydrogen-bond donors (Lipinski definition) is 0. The van der Waals surface area contributed by atoms with Gasteiger partial charge >= 0.3 is 0 Å². The predicted molar refractivity (Wildman–Crippen MR) is 56.7 cm³/mol. The number of rotatable bonds is 1. The standard InChI is InChI=1S/C12H13N/c1-3-12-7-11-6-9(2)4-5-10(11)8-13-12/h3-5,7-8,11H,1,6H2,2H3. The van der Waals surface area contributed by atoms with Crippen LogP contribution in [-0.4, -0.2) is 6.21 Å². The number of nitrogens with zero attached hydrogens (tertiary/aromatic N) is 1. The van der Waals surface area contributed by atoms with Crippen molar-refractivity contribution in [1.82, 2.24) is 0 Å². The van der Waals surface area contributed by atoms with Crippen LogP contribution in [-0.2, 0) is 0 Å². The molecule has 0 aromatic heterocycles. The fourth-order valence-corrected chi connectivity index (χ4v) is 1.71.